The second-order valence-corrected chi connectivity index (χ2v) is 3.88. The van der Waals surface area contributed by atoms with Crippen molar-refractivity contribution in [3.05, 3.63) is 29.3 Å². The Hall–Kier alpha value is -1.90. The van der Waals surface area contributed by atoms with Gasteiger partial charge in [0.25, 0.3) is 0 Å². The van der Waals surface area contributed by atoms with Crippen LogP contribution in [0, 0.1) is 24.7 Å². The van der Waals surface area contributed by atoms with Crippen LogP contribution in [0.5, 0.6) is 5.75 Å². The monoisotopic (exact) mass is 226 g/mol. The van der Waals surface area contributed by atoms with Crippen molar-refractivity contribution in [2.45, 2.75) is 25.6 Å². The minimum atomic E-state index is -0.205. The number of hydrogen-bond acceptors (Lipinski definition) is 2. The minimum absolute atomic E-state index is 0.205. The molecule has 86 valence electrons. The highest BCUT2D eigenvalue weighted by atomic mass is 16.7. The first-order valence-corrected chi connectivity index (χ1v) is 5.69. The van der Waals surface area contributed by atoms with Crippen molar-refractivity contribution in [3.63, 3.8) is 0 Å². The molecular formula is C15H14O2. The van der Waals surface area contributed by atoms with Crippen molar-refractivity contribution in [2.24, 2.45) is 0 Å². The molecule has 1 saturated heterocycles. The standard InChI is InChI=1S/C15H14O2/c1-3-12-8-7-9-14(13(12)4-2)17-15-10-5-6-11-16-15/h1-2,7-9,15H,5-6,10-11H2/t15-/m0/s1. The first kappa shape index (κ1) is 11.6. The number of benzene rings is 1. The molecule has 2 nitrogen and oxygen atoms in total. The lowest BCUT2D eigenvalue weighted by atomic mass is 10.1. The van der Waals surface area contributed by atoms with Gasteiger partial charge in [-0.05, 0) is 25.0 Å². The highest BCUT2D eigenvalue weighted by Gasteiger charge is 2.17. The Kier molecular flexibility index (Phi) is 3.70. The van der Waals surface area contributed by atoms with Crippen LogP contribution in [-0.2, 0) is 4.74 Å². The molecular weight excluding hydrogens is 212 g/mol. The molecule has 0 radical (unpaired) electrons. The van der Waals surface area contributed by atoms with Gasteiger partial charge in [-0.1, -0.05) is 17.9 Å². The van der Waals surface area contributed by atoms with Crippen LogP contribution in [-0.4, -0.2) is 12.9 Å². The Bertz CT molecular complexity index is 471. The molecule has 0 aromatic heterocycles. The van der Waals surface area contributed by atoms with Crippen molar-refractivity contribution in [1.82, 2.24) is 0 Å². The molecule has 1 aliphatic rings. The molecule has 17 heavy (non-hydrogen) atoms. The maximum Gasteiger partial charge on any atom is 0.199 e. The highest BCUT2D eigenvalue weighted by Crippen LogP contribution is 2.24. The third-order valence-electron chi connectivity index (χ3n) is 2.72. The quantitative estimate of drug-likeness (QED) is 0.721. The van der Waals surface area contributed by atoms with E-state index in [-0.39, 0.29) is 6.29 Å². The zero-order valence-electron chi connectivity index (χ0n) is 9.61. The summed E-state index contributed by atoms with van der Waals surface area (Å²) in [4.78, 5) is 0. The van der Waals surface area contributed by atoms with Gasteiger partial charge in [-0.3, -0.25) is 0 Å². The van der Waals surface area contributed by atoms with Crippen molar-refractivity contribution in [2.75, 3.05) is 6.61 Å². The van der Waals surface area contributed by atoms with Crippen LogP contribution in [0.2, 0.25) is 0 Å². The Morgan fingerprint density at radius 1 is 1.24 bits per heavy atom. The zero-order chi connectivity index (χ0) is 12.1. The van der Waals surface area contributed by atoms with Crippen LogP contribution < -0.4 is 4.74 Å². The van der Waals surface area contributed by atoms with Gasteiger partial charge in [0.15, 0.2) is 6.29 Å². The van der Waals surface area contributed by atoms with Gasteiger partial charge in [0.2, 0.25) is 0 Å². The van der Waals surface area contributed by atoms with Crippen molar-refractivity contribution >= 4 is 0 Å². The van der Waals surface area contributed by atoms with Crippen LogP contribution in [0.1, 0.15) is 30.4 Å². The Morgan fingerprint density at radius 3 is 2.76 bits per heavy atom. The summed E-state index contributed by atoms with van der Waals surface area (Å²) in [6.45, 7) is 0.741. The van der Waals surface area contributed by atoms with E-state index in [0.717, 1.165) is 25.9 Å². The summed E-state index contributed by atoms with van der Waals surface area (Å²) in [7, 11) is 0. The van der Waals surface area contributed by atoms with E-state index in [1.54, 1.807) is 0 Å². The van der Waals surface area contributed by atoms with Gasteiger partial charge in [-0.15, -0.1) is 12.8 Å². The molecule has 0 unspecified atom stereocenters. The van der Waals surface area contributed by atoms with Gasteiger partial charge in [-0.2, -0.15) is 0 Å². The molecule has 1 heterocycles. The van der Waals surface area contributed by atoms with Gasteiger partial charge >= 0.3 is 0 Å². The second kappa shape index (κ2) is 5.43. The third kappa shape index (κ3) is 2.61. The minimum Gasteiger partial charge on any atom is -0.464 e. The van der Waals surface area contributed by atoms with Gasteiger partial charge in [0.05, 0.1) is 12.2 Å². The third-order valence-corrected chi connectivity index (χ3v) is 2.72. The maximum absolute atomic E-state index is 5.76. The molecule has 1 aliphatic heterocycles. The predicted octanol–water partition coefficient (Wildman–Crippen LogP) is 2.55. The average molecular weight is 226 g/mol. The van der Waals surface area contributed by atoms with Crippen molar-refractivity contribution < 1.29 is 9.47 Å². The molecule has 1 aromatic carbocycles. The van der Waals surface area contributed by atoms with Gasteiger partial charge < -0.3 is 9.47 Å². The molecule has 1 atom stereocenters. The molecule has 0 N–H and O–H groups in total. The van der Waals surface area contributed by atoms with Crippen LogP contribution in [0.3, 0.4) is 0 Å². The van der Waals surface area contributed by atoms with E-state index in [4.69, 9.17) is 22.3 Å². The maximum atomic E-state index is 5.76. The Labute approximate surface area is 102 Å². The highest BCUT2D eigenvalue weighted by molar-refractivity contribution is 5.56. The molecule has 1 fully saturated rings. The molecule has 0 spiro atoms. The largest absolute Gasteiger partial charge is 0.464 e. The Balaban J connectivity index is 2.21. The van der Waals surface area contributed by atoms with E-state index in [1.165, 1.54) is 0 Å². The molecule has 0 aliphatic carbocycles. The molecule has 1 aromatic rings. The van der Waals surface area contributed by atoms with Crippen LogP contribution in [0.25, 0.3) is 0 Å². The number of hydrogen-bond donors (Lipinski definition) is 0. The molecule has 2 heteroatoms. The summed E-state index contributed by atoms with van der Waals surface area (Å²) < 4.78 is 11.3. The van der Waals surface area contributed by atoms with E-state index in [1.807, 2.05) is 18.2 Å². The molecule has 0 saturated carbocycles. The first-order valence-electron chi connectivity index (χ1n) is 5.69. The van der Waals surface area contributed by atoms with Crippen molar-refractivity contribution in [1.29, 1.82) is 0 Å². The summed E-state index contributed by atoms with van der Waals surface area (Å²) in [5.41, 5.74) is 1.31. The van der Waals surface area contributed by atoms with Gasteiger partial charge in [-0.25, -0.2) is 0 Å². The Morgan fingerprint density at radius 2 is 2.12 bits per heavy atom. The number of terminal acetylenes is 2. The molecule has 2 rings (SSSR count). The topological polar surface area (TPSA) is 18.5 Å². The van der Waals surface area contributed by atoms with E-state index < -0.39 is 0 Å². The SMILES string of the molecule is C#Cc1cccc(O[C@H]2CCCCO2)c1C#C. The summed E-state index contributed by atoms with van der Waals surface area (Å²) in [6, 6.07) is 5.48. The predicted molar refractivity (Wildman–Crippen MR) is 66.5 cm³/mol. The van der Waals surface area contributed by atoms with E-state index >= 15 is 0 Å². The average Bonchev–Trinajstić information content (AvgIpc) is 2.39. The number of ether oxygens (including phenoxy) is 2. The lowest BCUT2D eigenvalue weighted by Gasteiger charge is -2.24. The molecule has 0 bridgehead atoms. The fraction of sp³-hybridized carbons (Fsp3) is 0.333. The van der Waals surface area contributed by atoms with Crippen LogP contribution in [0.15, 0.2) is 18.2 Å². The first-order chi connectivity index (χ1) is 8.35. The van der Waals surface area contributed by atoms with Gasteiger partial charge in [0.1, 0.15) is 5.75 Å². The van der Waals surface area contributed by atoms with E-state index in [9.17, 15) is 0 Å². The smallest absolute Gasteiger partial charge is 0.199 e. The number of rotatable bonds is 2. The summed E-state index contributed by atoms with van der Waals surface area (Å²) in [5, 5.41) is 0. The van der Waals surface area contributed by atoms with E-state index in [0.29, 0.717) is 16.9 Å². The lowest BCUT2D eigenvalue weighted by Crippen LogP contribution is -2.25. The van der Waals surface area contributed by atoms with Crippen LogP contribution in [0.4, 0.5) is 0 Å². The van der Waals surface area contributed by atoms with E-state index in [2.05, 4.69) is 11.8 Å². The van der Waals surface area contributed by atoms with Gasteiger partial charge in [0, 0.05) is 12.0 Å². The lowest BCUT2D eigenvalue weighted by molar-refractivity contribution is -0.106. The summed E-state index contributed by atoms with van der Waals surface area (Å²) in [6.07, 6.45) is 13.8. The fourth-order valence-corrected chi connectivity index (χ4v) is 1.84. The second-order valence-electron chi connectivity index (χ2n) is 3.88. The summed E-state index contributed by atoms with van der Waals surface area (Å²) >= 11 is 0. The normalized spacial score (nSPS) is 19.1. The fourth-order valence-electron chi connectivity index (χ4n) is 1.84. The van der Waals surface area contributed by atoms with Crippen LogP contribution >= 0.6 is 0 Å². The zero-order valence-corrected chi connectivity index (χ0v) is 9.61. The molecule has 0 amide bonds. The van der Waals surface area contributed by atoms with Crippen molar-refractivity contribution in [3.8, 4) is 30.4 Å². The summed E-state index contributed by atoms with van der Waals surface area (Å²) in [5.74, 6) is 5.78.